The van der Waals surface area contributed by atoms with Crippen LogP contribution in [0.2, 0.25) is 0 Å². The highest BCUT2D eigenvalue weighted by Crippen LogP contribution is 2.23. The number of carbonyl (C=O) groups excluding carboxylic acids is 1. The molecule has 0 bridgehead atoms. The predicted octanol–water partition coefficient (Wildman–Crippen LogP) is 2.67. The van der Waals surface area contributed by atoms with Crippen LogP contribution in [0.3, 0.4) is 0 Å². The van der Waals surface area contributed by atoms with Gasteiger partial charge in [0.2, 0.25) is 11.1 Å². The number of carbonyl (C=O) groups is 1. The molecular formula is C16H13F2N5OS. The number of rotatable bonds is 5. The number of thioether (sulfide) groups is 1. The van der Waals surface area contributed by atoms with Crippen molar-refractivity contribution in [3.63, 3.8) is 0 Å². The van der Waals surface area contributed by atoms with E-state index in [4.69, 9.17) is 5.84 Å². The summed E-state index contributed by atoms with van der Waals surface area (Å²) in [6, 6.07) is 11.5. The number of nitrogen functional groups attached to an aromatic ring is 1. The molecule has 25 heavy (non-hydrogen) atoms. The lowest BCUT2D eigenvalue weighted by atomic mass is 10.2. The Morgan fingerprint density at radius 1 is 1.12 bits per heavy atom. The summed E-state index contributed by atoms with van der Waals surface area (Å²) in [5.74, 6) is 4.91. The van der Waals surface area contributed by atoms with Gasteiger partial charge in [0.15, 0.2) is 5.82 Å². The minimum absolute atomic E-state index is 0.0178. The van der Waals surface area contributed by atoms with Crippen LogP contribution in [-0.2, 0) is 4.79 Å². The van der Waals surface area contributed by atoms with Gasteiger partial charge in [-0.25, -0.2) is 13.5 Å². The van der Waals surface area contributed by atoms with E-state index in [1.807, 2.05) is 0 Å². The van der Waals surface area contributed by atoms with Gasteiger partial charge in [-0.2, -0.15) is 0 Å². The second-order valence-electron chi connectivity index (χ2n) is 5.00. The van der Waals surface area contributed by atoms with E-state index in [1.165, 1.54) is 30.3 Å². The third kappa shape index (κ3) is 3.94. The third-order valence-corrected chi connectivity index (χ3v) is 4.18. The molecule has 1 aromatic heterocycles. The Bertz CT molecular complexity index is 898. The zero-order valence-electron chi connectivity index (χ0n) is 12.8. The average Bonchev–Trinajstić information content (AvgIpc) is 2.96. The summed E-state index contributed by atoms with van der Waals surface area (Å²) < 4.78 is 27.8. The molecule has 3 aromatic rings. The normalized spacial score (nSPS) is 10.6. The minimum atomic E-state index is -0.466. The van der Waals surface area contributed by atoms with Gasteiger partial charge >= 0.3 is 0 Å². The van der Waals surface area contributed by atoms with Crippen LogP contribution in [0.1, 0.15) is 0 Å². The van der Waals surface area contributed by atoms with Gasteiger partial charge in [-0.1, -0.05) is 23.9 Å². The molecular weight excluding hydrogens is 348 g/mol. The quantitative estimate of drug-likeness (QED) is 0.539. The van der Waals surface area contributed by atoms with Gasteiger partial charge in [0, 0.05) is 5.69 Å². The van der Waals surface area contributed by atoms with Crippen molar-refractivity contribution in [2.75, 3.05) is 16.9 Å². The maximum Gasteiger partial charge on any atom is 0.234 e. The van der Waals surface area contributed by atoms with E-state index >= 15 is 0 Å². The van der Waals surface area contributed by atoms with Gasteiger partial charge in [-0.15, -0.1) is 10.2 Å². The number of nitrogens with zero attached hydrogens (tertiary/aromatic N) is 3. The molecule has 3 rings (SSSR count). The van der Waals surface area contributed by atoms with Crippen LogP contribution < -0.4 is 11.2 Å². The molecule has 128 valence electrons. The first-order chi connectivity index (χ1) is 12.0. The number of nitrogens with two attached hydrogens (primary N) is 1. The van der Waals surface area contributed by atoms with E-state index < -0.39 is 5.82 Å². The lowest BCUT2D eigenvalue weighted by Crippen LogP contribution is -2.16. The summed E-state index contributed by atoms with van der Waals surface area (Å²) in [6.45, 7) is 0. The van der Waals surface area contributed by atoms with Gasteiger partial charge in [0.1, 0.15) is 11.6 Å². The van der Waals surface area contributed by atoms with Gasteiger partial charge in [0.25, 0.3) is 0 Å². The highest BCUT2D eigenvalue weighted by molar-refractivity contribution is 7.99. The lowest BCUT2D eigenvalue weighted by Gasteiger charge is -2.06. The Kier molecular flexibility index (Phi) is 4.94. The fraction of sp³-hybridized carbons (Fsp3) is 0.0625. The molecule has 0 unspecified atom stereocenters. The van der Waals surface area contributed by atoms with Crippen LogP contribution in [0.5, 0.6) is 0 Å². The molecule has 1 heterocycles. The summed E-state index contributed by atoms with van der Waals surface area (Å²) >= 11 is 1.05. The van der Waals surface area contributed by atoms with Crippen LogP contribution in [0.4, 0.5) is 14.5 Å². The van der Waals surface area contributed by atoms with Crippen LogP contribution in [0, 0.1) is 11.6 Å². The Morgan fingerprint density at radius 3 is 2.56 bits per heavy atom. The molecule has 0 fully saturated rings. The van der Waals surface area contributed by atoms with E-state index in [0.717, 1.165) is 16.4 Å². The van der Waals surface area contributed by atoms with Gasteiger partial charge in [-0.3, -0.25) is 4.79 Å². The molecule has 2 aromatic carbocycles. The Hall–Kier alpha value is -2.94. The van der Waals surface area contributed by atoms with Gasteiger partial charge in [0.05, 0.1) is 11.3 Å². The van der Waals surface area contributed by atoms with E-state index in [9.17, 15) is 13.6 Å². The monoisotopic (exact) mass is 361 g/mol. The molecule has 6 nitrogen and oxygen atoms in total. The number of hydrogen-bond acceptors (Lipinski definition) is 5. The topological polar surface area (TPSA) is 85.8 Å². The molecule has 3 N–H and O–H groups in total. The first kappa shape index (κ1) is 16.9. The Morgan fingerprint density at radius 2 is 1.84 bits per heavy atom. The van der Waals surface area contributed by atoms with Crippen molar-refractivity contribution in [3.8, 4) is 11.4 Å². The number of halogens is 2. The molecule has 0 saturated heterocycles. The Labute approximate surface area is 146 Å². The zero-order chi connectivity index (χ0) is 17.8. The summed E-state index contributed by atoms with van der Waals surface area (Å²) in [5.41, 5.74) is 0.702. The van der Waals surface area contributed by atoms with Crippen LogP contribution in [-0.4, -0.2) is 26.5 Å². The summed E-state index contributed by atoms with van der Waals surface area (Å²) in [6.07, 6.45) is 0. The maximum absolute atomic E-state index is 13.8. The molecule has 0 spiro atoms. The number of amides is 1. The van der Waals surface area contributed by atoms with Crippen molar-refractivity contribution < 1.29 is 13.6 Å². The fourth-order valence-electron chi connectivity index (χ4n) is 2.06. The number of hydrogen-bond donors (Lipinski definition) is 2. The number of aromatic nitrogens is 3. The third-order valence-electron chi connectivity index (χ3n) is 3.24. The first-order valence-corrected chi connectivity index (χ1v) is 8.17. The Balaban J connectivity index is 1.65. The average molecular weight is 361 g/mol. The molecule has 0 aliphatic carbocycles. The second-order valence-corrected chi connectivity index (χ2v) is 5.94. The number of benzene rings is 2. The molecule has 9 heteroatoms. The van der Waals surface area contributed by atoms with Crippen molar-refractivity contribution in [2.24, 2.45) is 0 Å². The van der Waals surface area contributed by atoms with Crippen molar-refractivity contribution in [3.05, 3.63) is 60.2 Å². The van der Waals surface area contributed by atoms with Crippen molar-refractivity contribution in [1.29, 1.82) is 0 Å². The van der Waals surface area contributed by atoms with Gasteiger partial charge < -0.3 is 11.2 Å². The lowest BCUT2D eigenvalue weighted by molar-refractivity contribution is -0.113. The largest absolute Gasteiger partial charge is 0.335 e. The summed E-state index contributed by atoms with van der Waals surface area (Å²) in [5, 5.41) is 10.6. The first-order valence-electron chi connectivity index (χ1n) is 7.18. The van der Waals surface area contributed by atoms with Crippen molar-refractivity contribution in [1.82, 2.24) is 14.9 Å². The fourth-order valence-corrected chi connectivity index (χ4v) is 2.72. The van der Waals surface area contributed by atoms with E-state index in [2.05, 4.69) is 15.5 Å². The summed E-state index contributed by atoms with van der Waals surface area (Å²) in [7, 11) is 0. The summed E-state index contributed by atoms with van der Waals surface area (Å²) in [4.78, 5) is 11.9. The van der Waals surface area contributed by atoms with Crippen LogP contribution in [0.15, 0.2) is 53.7 Å². The van der Waals surface area contributed by atoms with E-state index in [1.54, 1.807) is 18.2 Å². The molecule has 0 aliphatic heterocycles. The van der Waals surface area contributed by atoms with Crippen LogP contribution in [0.25, 0.3) is 11.4 Å². The van der Waals surface area contributed by atoms with E-state index in [-0.39, 0.29) is 34.0 Å². The maximum atomic E-state index is 13.8. The van der Waals surface area contributed by atoms with Crippen LogP contribution >= 0.6 is 11.8 Å². The second kappa shape index (κ2) is 7.31. The molecule has 0 atom stereocenters. The SMILES string of the molecule is Nn1c(SCC(=O)Nc2ccc(F)cc2)nnc1-c1ccccc1F. The minimum Gasteiger partial charge on any atom is -0.335 e. The molecule has 0 radical (unpaired) electrons. The molecule has 1 amide bonds. The van der Waals surface area contributed by atoms with Crippen molar-refractivity contribution in [2.45, 2.75) is 5.16 Å². The van der Waals surface area contributed by atoms with E-state index in [0.29, 0.717) is 5.69 Å². The number of anilines is 1. The predicted molar refractivity (Wildman–Crippen MR) is 91.3 cm³/mol. The smallest absolute Gasteiger partial charge is 0.234 e. The molecule has 0 saturated carbocycles. The number of nitrogens with one attached hydrogen (secondary N) is 1. The standard InChI is InChI=1S/C16H13F2N5OS/c17-10-5-7-11(8-6-10)20-14(24)9-25-16-22-21-15(23(16)19)12-3-1-2-4-13(12)18/h1-8H,9,19H2,(H,20,24). The zero-order valence-corrected chi connectivity index (χ0v) is 13.6. The van der Waals surface area contributed by atoms with Crippen molar-refractivity contribution >= 4 is 23.4 Å². The highest BCUT2D eigenvalue weighted by Gasteiger charge is 2.16. The van der Waals surface area contributed by atoms with Gasteiger partial charge in [-0.05, 0) is 36.4 Å². The molecule has 0 aliphatic rings. The highest BCUT2D eigenvalue weighted by atomic mass is 32.2.